The molecule has 0 bridgehead atoms. The Labute approximate surface area is 158 Å². The highest BCUT2D eigenvalue weighted by Gasteiger charge is 2.09. The number of nitrogens with one attached hydrogen (secondary N) is 1. The summed E-state index contributed by atoms with van der Waals surface area (Å²) in [4.78, 5) is 19.0. The van der Waals surface area contributed by atoms with Gasteiger partial charge in [-0.25, -0.2) is 4.68 Å². The number of rotatable bonds is 6. The molecule has 0 unspecified atom stereocenters. The Morgan fingerprint density at radius 1 is 1.11 bits per heavy atom. The molecule has 0 saturated carbocycles. The Morgan fingerprint density at radius 2 is 2.00 bits per heavy atom. The molecule has 1 amide bonds. The largest absolute Gasteiger partial charge is 0.388 e. The van der Waals surface area contributed by atoms with Gasteiger partial charge in [0.15, 0.2) is 6.61 Å². The van der Waals surface area contributed by atoms with Crippen LogP contribution in [0, 0.1) is 0 Å². The zero-order valence-electron chi connectivity index (χ0n) is 14.0. The highest BCUT2D eigenvalue weighted by molar-refractivity contribution is 6.30. The molecule has 0 saturated heterocycles. The third kappa shape index (κ3) is 4.04. The van der Waals surface area contributed by atoms with Crippen LogP contribution in [0.4, 0.5) is 5.69 Å². The second kappa shape index (κ2) is 7.42. The predicted molar refractivity (Wildman–Crippen MR) is 97.9 cm³/mol. The van der Waals surface area contributed by atoms with E-state index in [1.807, 2.05) is 24.3 Å². The molecule has 0 atom stereocenters. The number of nitrogens with zero attached hydrogens (tertiary/aromatic N) is 6. The zero-order valence-corrected chi connectivity index (χ0v) is 14.7. The maximum absolute atomic E-state index is 12.1. The summed E-state index contributed by atoms with van der Waals surface area (Å²) in [5, 5.41) is 19.2. The second-order valence-corrected chi connectivity index (χ2v) is 6.13. The summed E-state index contributed by atoms with van der Waals surface area (Å²) in [7, 11) is 0. The average Bonchev–Trinajstić information content (AvgIpc) is 3.26. The SMILES string of the molecule is O=C(Cn1cc(COn2nnc3ccccc32)nn1)Nc1cccc(Cl)c1. The minimum Gasteiger partial charge on any atom is -0.388 e. The first-order valence-corrected chi connectivity index (χ1v) is 8.43. The van der Waals surface area contributed by atoms with E-state index in [-0.39, 0.29) is 19.1 Å². The van der Waals surface area contributed by atoms with Gasteiger partial charge in [0.05, 0.1) is 6.20 Å². The fourth-order valence-corrected chi connectivity index (χ4v) is 2.66. The van der Waals surface area contributed by atoms with E-state index in [1.165, 1.54) is 9.53 Å². The van der Waals surface area contributed by atoms with Crippen LogP contribution in [0.5, 0.6) is 0 Å². The maximum Gasteiger partial charge on any atom is 0.246 e. The Hall–Kier alpha value is -3.46. The summed E-state index contributed by atoms with van der Waals surface area (Å²) in [5.41, 5.74) is 2.67. The van der Waals surface area contributed by atoms with Crippen LogP contribution < -0.4 is 10.2 Å². The average molecular weight is 384 g/mol. The van der Waals surface area contributed by atoms with Crippen LogP contribution in [0.3, 0.4) is 0 Å². The number of benzene rings is 2. The van der Waals surface area contributed by atoms with E-state index in [4.69, 9.17) is 16.4 Å². The molecular formula is C17H14ClN7O2. The van der Waals surface area contributed by atoms with Crippen molar-refractivity contribution < 1.29 is 9.63 Å². The molecule has 9 nitrogen and oxygen atoms in total. The zero-order chi connectivity index (χ0) is 18.6. The molecule has 4 rings (SSSR count). The highest BCUT2D eigenvalue weighted by Crippen LogP contribution is 2.14. The molecule has 2 aromatic heterocycles. The van der Waals surface area contributed by atoms with Gasteiger partial charge in [0.1, 0.15) is 23.3 Å². The molecule has 0 aliphatic rings. The monoisotopic (exact) mass is 383 g/mol. The lowest BCUT2D eigenvalue weighted by molar-refractivity contribution is -0.116. The van der Waals surface area contributed by atoms with Crippen molar-refractivity contribution in [1.29, 1.82) is 0 Å². The summed E-state index contributed by atoms with van der Waals surface area (Å²) in [5.74, 6) is -0.239. The van der Waals surface area contributed by atoms with Crippen molar-refractivity contribution in [3.05, 3.63) is 65.4 Å². The quantitative estimate of drug-likeness (QED) is 0.546. The van der Waals surface area contributed by atoms with E-state index < -0.39 is 0 Å². The van der Waals surface area contributed by atoms with E-state index in [0.717, 1.165) is 11.0 Å². The summed E-state index contributed by atoms with van der Waals surface area (Å²) in [6.45, 7) is 0.162. The fourth-order valence-electron chi connectivity index (χ4n) is 2.47. The molecule has 1 N–H and O–H groups in total. The molecule has 2 aromatic carbocycles. The van der Waals surface area contributed by atoms with Gasteiger partial charge in [0.2, 0.25) is 5.91 Å². The van der Waals surface area contributed by atoms with Crippen LogP contribution >= 0.6 is 11.6 Å². The van der Waals surface area contributed by atoms with Gasteiger partial charge in [-0.2, -0.15) is 0 Å². The first-order chi connectivity index (χ1) is 13.2. The Bertz CT molecular complexity index is 1090. The summed E-state index contributed by atoms with van der Waals surface area (Å²) >= 11 is 5.90. The standard InChI is InChI=1S/C17H14ClN7O2/c18-12-4-3-5-13(8-12)19-17(26)10-24-9-14(20-22-24)11-27-25-16-7-2-1-6-15(16)21-23-25/h1-9H,10-11H2,(H,19,26). The first kappa shape index (κ1) is 17.0. The van der Waals surface area contributed by atoms with Crippen LogP contribution in [0.1, 0.15) is 5.69 Å². The number of carbonyl (C=O) groups is 1. The minimum atomic E-state index is -0.239. The van der Waals surface area contributed by atoms with Gasteiger partial charge in [-0.05, 0) is 35.5 Å². The third-order valence-corrected chi connectivity index (χ3v) is 3.89. The highest BCUT2D eigenvalue weighted by atomic mass is 35.5. The van der Waals surface area contributed by atoms with Gasteiger partial charge in [-0.15, -0.1) is 10.2 Å². The Kier molecular flexibility index (Phi) is 4.67. The van der Waals surface area contributed by atoms with Gasteiger partial charge in [0.25, 0.3) is 0 Å². The van der Waals surface area contributed by atoms with Crippen LogP contribution in [0.15, 0.2) is 54.7 Å². The molecule has 0 spiro atoms. The van der Waals surface area contributed by atoms with Crippen LogP contribution in [-0.4, -0.2) is 36.1 Å². The number of fused-ring (bicyclic) bond motifs is 1. The molecular weight excluding hydrogens is 370 g/mol. The number of halogens is 1. The van der Waals surface area contributed by atoms with Crippen LogP contribution in [-0.2, 0) is 17.9 Å². The van der Waals surface area contributed by atoms with Crippen molar-refractivity contribution in [1.82, 2.24) is 30.2 Å². The van der Waals surface area contributed by atoms with Gasteiger partial charge in [-0.1, -0.05) is 39.9 Å². The molecule has 10 heteroatoms. The lowest BCUT2D eigenvalue weighted by atomic mass is 10.3. The van der Waals surface area contributed by atoms with Crippen molar-refractivity contribution in [3.63, 3.8) is 0 Å². The molecule has 0 aliphatic heterocycles. The van der Waals surface area contributed by atoms with Crippen LogP contribution in [0.2, 0.25) is 5.02 Å². The summed E-state index contributed by atoms with van der Waals surface area (Å²) in [6.07, 6.45) is 1.64. The maximum atomic E-state index is 12.1. The topological polar surface area (TPSA) is 99.8 Å². The van der Waals surface area contributed by atoms with Crippen LogP contribution in [0.25, 0.3) is 11.0 Å². The summed E-state index contributed by atoms with van der Waals surface area (Å²) < 4.78 is 1.43. The lowest BCUT2D eigenvalue weighted by Gasteiger charge is -2.05. The van der Waals surface area contributed by atoms with Gasteiger partial charge in [-0.3, -0.25) is 4.79 Å². The number of hydrogen-bond acceptors (Lipinski definition) is 6. The van der Waals surface area contributed by atoms with Crippen molar-refractivity contribution >= 4 is 34.2 Å². The van der Waals surface area contributed by atoms with E-state index in [0.29, 0.717) is 16.4 Å². The van der Waals surface area contributed by atoms with Crippen molar-refractivity contribution in [2.75, 3.05) is 5.32 Å². The van der Waals surface area contributed by atoms with E-state index in [1.54, 1.807) is 30.5 Å². The molecule has 0 fully saturated rings. The number of para-hydroxylation sites is 1. The molecule has 27 heavy (non-hydrogen) atoms. The third-order valence-electron chi connectivity index (χ3n) is 3.66. The van der Waals surface area contributed by atoms with Crippen molar-refractivity contribution in [2.24, 2.45) is 0 Å². The number of amides is 1. The number of anilines is 1. The minimum absolute atomic E-state index is 0.0196. The van der Waals surface area contributed by atoms with Crippen molar-refractivity contribution in [2.45, 2.75) is 13.2 Å². The van der Waals surface area contributed by atoms with E-state index in [2.05, 4.69) is 25.9 Å². The normalized spacial score (nSPS) is 10.9. The predicted octanol–water partition coefficient (Wildman–Crippen LogP) is 1.94. The first-order valence-electron chi connectivity index (χ1n) is 8.05. The Morgan fingerprint density at radius 3 is 2.89 bits per heavy atom. The van der Waals surface area contributed by atoms with E-state index in [9.17, 15) is 4.79 Å². The smallest absolute Gasteiger partial charge is 0.246 e. The van der Waals surface area contributed by atoms with E-state index >= 15 is 0 Å². The number of hydrogen-bond donors (Lipinski definition) is 1. The van der Waals surface area contributed by atoms with Gasteiger partial charge < -0.3 is 10.2 Å². The van der Waals surface area contributed by atoms with Gasteiger partial charge in [0, 0.05) is 10.7 Å². The Balaban J connectivity index is 1.35. The fraction of sp³-hybridized carbons (Fsp3) is 0.118. The molecule has 2 heterocycles. The van der Waals surface area contributed by atoms with Gasteiger partial charge >= 0.3 is 0 Å². The lowest BCUT2D eigenvalue weighted by Crippen LogP contribution is -2.19. The molecule has 4 aromatic rings. The number of carbonyl (C=O) groups excluding carboxylic acids is 1. The second-order valence-electron chi connectivity index (χ2n) is 5.69. The molecule has 0 aliphatic carbocycles. The molecule has 136 valence electrons. The van der Waals surface area contributed by atoms with Crippen molar-refractivity contribution in [3.8, 4) is 0 Å². The molecule has 0 radical (unpaired) electrons. The summed E-state index contributed by atoms with van der Waals surface area (Å²) in [6, 6.07) is 14.4. The number of aromatic nitrogens is 6.